The van der Waals surface area contributed by atoms with Gasteiger partial charge in [-0.25, -0.2) is 0 Å². The van der Waals surface area contributed by atoms with Crippen LogP contribution >= 0.6 is 11.6 Å². The summed E-state index contributed by atoms with van der Waals surface area (Å²) in [6.07, 6.45) is 5.63. The summed E-state index contributed by atoms with van der Waals surface area (Å²) in [6.45, 7) is 0.559. The largest absolute Gasteiger partial charge is 0.481 e. The molecule has 5 nitrogen and oxygen atoms in total. The van der Waals surface area contributed by atoms with E-state index in [9.17, 15) is 14.7 Å². The Morgan fingerprint density at radius 2 is 1.67 bits per heavy atom. The molecular formula is C30H27ClN2O3. The maximum Gasteiger partial charge on any atom is 0.306 e. The van der Waals surface area contributed by atoms with Crippen molar-refractivity contribution in [1.29, 1.82) is 0 Å². The number of hydrogen-bond donors (Lipinski definition) is 1. The quantitative estimate of drug-likeness (QED) is 0.282. The van der Waals surface area contributed by atoms with Gasteiger partial charge in [0.05, 0.1) is 24.2 Å². The van der Waals surface area contributed by atoms with Gasteiger partial charge in [0.25, 0.3) is 0 Å². The zero-order valence-electron chi connectivity index (χ0n) is 19.9. The van der Waals surface area contributed by atoms with Crippen LogP contribution in [0.25, 0.3) is 22.0 Å². The normalized spacial score (nSPS) is 22.8. The van der Waals surface area contributed by atoms with Crippen LogP contribution in [0.4, 0.5) is 0 Å². The molecule has 1 heterocycles. The van der Waals surface area contributed by atoms with E-state index in [4.69, 9.17) is 11.6 Å². The van der Waals surface area contributed by atoms with Gasteiger partial charge in [-0.15, -0.1) is 0 Å². The van der Waals surface area contributed by atoms with Crippen molar-refractivity contribution in [3.05, 3.63) is 89.1 Å². The molecule has 2 aliphatic carbocycles. The standard InChI is InChI=1S/C30H27ClN2O3/c31-25-11-23-17-32-33(18-19-6-8-22(9-7-19)21-4-2-1-3-5-21)28(23)26(12-25)27(34)10-20-13-30(14-20)15-24(16-30)29(35)36/h1-9,11-12,17,20,24H,10,13-16,18H2,(H,35,36). The lowest BCUT2D eigenvalue weighted by atomic mass is 9.47. The summed E-state index contributed by atoms with van der Waals surface area (Å²) in [6, 6.07) is 22.3. The van der Waals surface area contributed by atoms with E-state index in [0.717, 1.165) is 47.7 Å². The molecule has 0 bridgehead atoms. The molecule has 0 saturated heterocycles. The van der Waals surface area contributed by atoms with Gasteiger partial charge in [-0.3, -0.25) is 14.3 Å². The minimum Gasteiger partial charge on any atom is -0.481 e. The Kier molecular flexibility index (Phi) is 5.68. The predicted molar refractivity (Wildman–Crippen MR) is 140 cm³/mol. The number of benzene rings is 3. The third-order valence-corrected chi connectivity index (χ3v) is 8.24. The van der Waals surface area contributed by atoms with Crippen molar-refractivity contribution in [2.45, 2.75) is 38.6 Å². The molecule has 0 amide bonds. The number of carbonyl (C=O) groups excluding carboxylic acids is 1. The van der Waals surface area contributed by atoms with Crippen molar-refractivity contribution in [2.24, 2.45) is 17.3 Å². The van der Waals surface area contributed by atoms with Crippen LogP contribution in [0, 0.1) is 17.3 Å². The summed E-state index contributed by atoms with van der Waals surface area (Å²) in [4.78, 5) is 24.6. The van der Waals surface area contributed by atoms with Gasteiger partial charge in [0.1, 0.15) is 0 Å². The van der Waals surface area contributed by atoms with E-state index in [0.29, 0.717) is 29.5 Å². The number of rotatable bonds is 7. The molecule has 6 heteroatoms. The lowest BCUT2D eigenvalue weighted by molar-refractivity contribution is -0.157. The number of hydrogen-bond acceptors (Lipinski definition) is 3. The van der Waals surface area contributed by atoms with Crippen molar-refractivity contribution in [3.8, 4) is 11.1 Å². The molecule has 2 saturated carbocycles. The minimum atomic E-state index is -0.690. The first-order valence-electron chi connectivity index (χ1n) is 12.4. The number of Topliss-reactive ketones (excluding diaryl/α,β-unsaturated/α-hetero) is 1. The van der Waals surface area contributed by atoms with Gasteiger partial charge in [0.2, 0.25) is 0 Å². The molecule has 36 heavy (non-hydrogen) atoms. The summed E-state index contributed by atoms with van der Waals surface area (Å²) >= 11 is 6.38. The van der Waals surface area contributed by atoms with Crippen molar-refractivity contribution >= 4 is 34.3 Å². The number of carboxylic acid groups (broad SMARTS) is 1. The van der Waals surface area contributed by atoms with E-state index < -0.39 is 5.97 Å². The lowest BCUT2D eigenvalue weighted by Gasteiger charge is -2.56. The van der Waals surface area contributed by atoms with Crippen molar-refractivity contribution in [2.75, 3.05) is 0 Å². The molecule has 1 aromatic heterocycles. The van der Waals surface area contributed by atoms with E-state index >= 15 is 0 Å². The van der Waals surface area contributed by atoms with Crippen LogP contribution in [0.2, 0.25) is 5.02 Å². The molecular weight excluding hydrogens is 472 g/mol. The fourth-order valence-corrected chi connectivity index (χ4v) is 6.54. The number of nitrogens with zero attached hydrogens (tertiary/aromatic N) is 2. The molecule has 0 radical (unpaired) electrons. The van der Waals surface area contributed by atoms with Gasteiger partial charge in [0.15, 0.2) is 5.78 Å². The zero-order chi connectivity index (χ0) is 24.9. The molecule has 0 unspecified atom stereocenters. The number of aromatic nitrogens is 2. The highest BCUT2D eigenvalue weighted by molar-refractivity contribution is 6.32. The lowest BCUT2D eigenvalue weighted by Crippen LogP contribution is -2.50. The molecule has 6 rings (SSSR count). The average molecular weight is 499 g/mol. The molecule has 1 spiro atoms. The fourth-order valence-electron chi connectivity index (χ4n) is 6.31. The third kappa shape index (κ3) is 4.22. The zero-order valence-corrected chi connectivity index (χ0v) is 20.6. The summed E-state index contributed by atoms with van der Waals surface area (Å²) in [5, 5.41) is 15.2. The predicted octanol–water partition coefficient (Wildman–Crippen LogP) is 6.87. The van der Waals surface area contributed by atoms with Crippen LogP contribution in [0.15, 0.2) is 72.9 Å². The first-order chi connectivity index (χ1) is 17.4. The SMILES string of the molecule is O=C(CC1CC2(C1)CC(C(=O)O)C2)c1cc(Cl)cc2cnn(Cc3ccc(-c4ccccc4)cc3)c12. The van der Waals surface area contributed by atoms with Crippen LogP contribution in [0.3, 0.4) is 0 Å². The Labute approximate surface area is 214 Å². The summed E-state index contributed by atoms with van der Waals surface area (Å²) < 4.78 is 1.89. The number of fused-ring (bicyclic) bond motifs is 1. The van der Waals surface area contributed by atoms with Crippen molar-refractivity contribution < 1.29 is 14.7 Å². The van der Waals surface area contributed by atoms with Gasteiger partial charge in [-0.05, 0) is 65.8 Å². The number of ketones is 1. The second kappa shape index (κ2) is 8.90. The van der Waals surface area contributed by atoms with Crippen LogP contribution < -0.4 is 0 Å². The van der Waals surface area contributed by atoms with E-state index in [1.807, 2.05) is 28.9 Å². The minimum absolute atomic E-state index is 0.0811. The first kappa shape index (κ1) is 23.0. The average Bonchev–Trinajstić information content (AvgIpc) is 3.22. The van der Waals surface area contributed by atoms with E-state index in [-0.39, 0.29) is 17.1 Å². The van der Waals surface area contributed by atoms with Crippen LogP contribution in [0.1, 0.15) is 48.0 Å². The van der Waals surface area contributed by atoms with Crippen LogP contribution in [-0.2, 0) is 11.3 Å². The summed E-state index contributed by atoms with van der Waals surface area (Å²) in [5.41, 5.74) is 5.03. The monoisotopic (exact) mass is 498 g/mol. The number of aliphatic carboxylic acids is 1. The van der Waals surface area contributed by atoms with Gasteiger partial charge in [-0.1, -0.05) is 66.2 Å². The highest BCUT2D eigenvalue weighted by Gasteiger charge is 2.54. The number of halogens is 1. The fraction of sp³-hybridized carbons (Fsp3) is 0.300. The molecule has 0 atom stereocenters. The molecule has 0 aliphatic heterocycles. The topological polar surface area (TPSA) is 72.2 Å². The van der Waals surface area contributed by atoms with Crippen LogP contribution in [0.5, 0.6) is 0 Å². The third-order valence-electron chi connectivity index (χ3n) is 8.02. The Balaban J connectivity index is 1.19. The van der Waals surface area contributed by atoms with Crippen LogP contribution in [-0.4, -0.2) is 26.6 Å². The van der Waals surface area contributed by atoms with E-state index in [1.54, 1.807) is 12.3 Å². The Hall–Kier alpha value is -3.44. The molecule has 182 valence electrons. The van der Waals surface area contributed by atoms with Crippen molar-refractivity contribution in [1.82, 2.24) is 9.78 Å². The van der Waals surface area contributed by atoms with Gasteiger partial charge in [-0.2, -0.15) is 5.10 Å². The Morgan fingerprint density at radius 3 is 2.36 bits per heavy atom. The Morgan fingerprint density at radius 1 is 0.972 bits per heavy atom. The molecule has 2 fully saturated rings. The maximum absolute atomic E-state index is 13.4. The Bertz CT molecular complexity index is 1450. The second-order valence-corrected chi connectivity index (χ2v) is 11.0. The summed E-state index contributed by atoms with van der Waals surface area (Å²) in [7, 11) is 0. The maximum atomic E-state index is 13.4. The highest BCUT2D eigenvalue weighted by atomic mass is 35.5. The van der Waals surface area contributed by atoms with E-state index in [1.165, 1.54) is 5.56 Å². The van der Waals surface area contributed by atoms with Gasteiger partial charge >= 0.3 is 5.97 Å². The molecule has 3 aromatic carbocycles. The van der Waals surface area contributed by atoms with Gasteiger partial charge in [0, 0.05) is 22.4 Å². The molecule has 2 aliphatic rings. The van der Waals surface area contributed by atoms with Crippen molar-refractivity contribution in [3.63, 3.8) is 0 Å². The van der Waals surface area contributed by atoms with Gasteiger partial charge < -0.3 is 5.11 Å². The summed E-state index contributed by atoms with van der Waals surface area (Å²) in [5.74, 6) is -0.504. The smallest absolute Gasteiger partial charge is 0.306 e. The number of carboxylic acids is 1. The highest BCUT2D eigenvalue weighted by Crippen LogP contribution is 2.62. The first-order valence-corrected chi connectivity index (χ1v) is 12.8. The number of carbonyl (C=O) groups is 2. The second-order valence-electron chi connectivity index (χ2n) is 10.6. The molecule has 4 aromatic rings. The molecule has 1 N–H and O–H groups in total. The van der Waals surface area contributed by atoms with E-state index in [2.05, 4.69) is 41.5 Å².